The number of rotatable bonds is 25. The van der Waals surface area contributed by atoms with Crippen LogP contribution in [0.2, 0.25) is 0 Å². The minimum Gasteiger partial charge on any atom is -0.480 e. The van der Waals surface area contributed by atoms with E-state index in [-0.39, 0.29) is 67.2 Å². The topological polar surface area (TPSA) is 212 Å². The summed E-state index contributed by atoms with van der Waals surface area (Å²) in [4.78, 5) is 113. The molecule has 372 valence electrons. The largest absolute Gasteiger partial charge is 0.480 e. The lowest BCUT2D eigenvalue weighted by molar-refractivity contribution is -0.153. The van der Waals surface area contributed by atoms with Gasteiger partial charge in [0, 0.05) is 65.9 Å². The second-order valence-corrected chi connectivity index (χ2v) is 19.1. The maximum absolute atomic E-state index is 14.7. The Morgan fingerprint density at radius 2 is 1.55 bits per heavy atom. The van der Waals surface area contributed by atoms with Gasteiger partial charge in [-0.05, 0) is 69.3 Å². The van der Waals surface area contributed by atoms with Crippen molar-refractivity contribution in [2.75, 3.05) is 40.9 Å². The molecule has 1 aromatic carbocycles. The lowest BCUT2D eigenvalue weighted by atomic mass is 9.86. The number of imide groups is 1. The predicted molar refractivity (Wildman–Crippen MR) is 251 cm³/mol. The van der Waals surface area contributed by atoms with Crippen LogP contribution in [0.4, 0.5) is 0 Å². The average Bonchev–Trinajstić information content (AvgIpc) is 3.92. The summed E-state index contributed by atoms with van der Waals surface area (Å²) in [6, 6.07) is 5.88. The van der Waals surface area contributed by atoms with E-state index >= 15 is 0 Å². The third-order valence-electron chi connectivity index (χ3n) is 14.2. The van der Waals surface area contributed by atoms with Crippen LogP contribution in [0.3, 0.4) is 0 Å². The van der Waals surface area contributed by atoms with Gasteiger partial charge in [-0.3, -0.25) is 38.5 Å². The van der Waals surface area contributed by atoms with Gasteiger partial charge >= 0.3 is 5.97 Å². The van der Waals surface area contributed by atoms with Gasteiger partial charge < -0.3 is 39.9 Å². The van der Waals surface area contributed by atoms with E-state index in [1.165, 1.54) is 31.3 Å². The SMILES string of the molecule is CC[C@H](C)[C@@H]([C@@H](CC(=O)N1CCC[C@H]1[C@H](OC)[C@@H](C)C(=O)N[C@@H](Cc1ccccc1)C(=O)O)OC)N(C)C(=O)[C@@H](NC(=O)[C@@]1(C)CCCCN1C(=O)CCCCCN1C(=O)C=CC1=O)C(C)C. The van der Waals surface area contributed by atoms with Gasteiger partial charge in [0.05, 0.1) is 36.6 Å². The first-order chi connectivity index (χ1) is 31.8. The molecule has 9 atom stereocenters. The fraction of sp³-hybridized carbons (Fsp3) is 0.680. The summed E-state index contributed by atoms with van der Waals surface area (Å²) < 4.78 is 12.0. The molecule has 0 saturated carbocycles. The molecule has 3 aliphatic heterocycles. The number of nitrogens with one attached hydrogen (secondary N) is 2. The molecule has 3 N–H and O–H groups in total. The number of likely N-dealkylation sites (tertiary alicyclic amines) is 2. The maximum Gasteiger partial charge on any atom is 0.326 e. The van der Waals surface area contributed by atoms with Crippen LogP contribution in [0.5, 0.6) is 0 Å². The summed E-state index contributed by atoms with van der Waals surface area (Å²) in [6.45, 7) is 12.2. The molecule has 2 fully saturated rings. The molecule has 2 saturated heterocycles. The Kier molecular flexibility index (Phi) is 20.5. The van der Waals surface area contributed by atoms with Gasteiger partial charge in [0.25, 0.3) is 11.8 Å². The van der Waals surface area contributed by atoms with Crippen LogP contribution in [-0.2, 0) is 54.3 Å². The first-order valence-electron chi connectivity index (χ1n) is 24.1. The molecule has 1 aromatic rings. The van der Waals surface area contributed by atoms with Gasteiger partial charge in [-0.1, -0.05) is 77.8 Å². The average molecular weight is 937 g/mol. The Hall–Kier alpha value is -5.16. The van der Waals surface area contributed by atoms with E-state index in [0.29, 0.717) is 58.0 Å². The number of ether oxygens (including phenoxy) is 2. The van der Waals surface area contributed by atoms with Gasteiger partial charge in [-0.25, -0.2) is 4.79 Å². The lowest BCUT2D eigenvalue weighted by Crippen LogP contribution is -2.65. The molecule has 0 radical (unpaired) electrons. The van der Waals surface area contributed by atoms with Gasteiger partial charge in [0.15, 0.2) is 0 Å². The molecule has 0 spiro atoms. The van der Waals surface area contributed by atoms with Crippen LogP contribution < -0.4 is 10.6 Å². The van der Waals surface area contributed by atoms with Crippen molar-refractivity contribution in [2.24, 2.45) is 17.8 Å². The van der Waals surface area contributed by atoms with Gasteiger partial charge in [-0.15, -0.1) is 0 Å². The highest BCUT2D eigenvalue weighted by atomic mass is 16.5. The fourth-order valence-electron chi connectivity index (χ4n) is 9.96. The van der Waals surface area contributed by atoms with Crippen molar-refractivity contribution in [1.82, 2.24) is 30.2 Å². The lowest BCUT2D eigenvalue weighted by Gasteiger charge is -2.45. The molecule has 67 heavy (non-hydrogen) atoms. The van der Waals surface area contributed by atoms with E-state index in [0.717, 1.165) is 18.4 Å². The number of carbonyl (C=O) groups is 8. The molecule has 0 bridgehead atoms. The number of aliphatic carboxylic acids is 1. The zero-order valence-electron chi connectivity index (χ0n) is 41.2. The molecule has 17 nitrogen and oxygen atoms in total. The van der Waals surface area contributed by atoms with Crippen molar-refractivity contribution in [3.8, 4) is 0 Å². The van der Waals surface area contributed by atoms with E-state index in [9.17, 15) is 43.5 Å². The number of unbranched alkanes of at least 4 members (excludes halogenated alkanes) is 2. The molecule has 3 aliphatic rings. The van der Waals surface area contributed by atoms with E-state index in [4.69, 9.17) is 9.47 Å². The second kappa shape index (κ2) is 25.3. The first kappa shape index (κ1) is 54.4. The molecule has 4 rings (SSSR count). The van der Waals surface area contributed by atoms with Crippen LogP contribution in [0.15, 0.2) is 42.5 Å². The van der Waals surface area contributed by atoms with Crippen molar-refractivity contribution >= 4 is 47.3 Å². The molecule has 0 unspecified atom stereocenters. The summed E-state index contributed by atoms with van der Waals surface area (Å²) in [6.07, 6.45) is 6.76. The van der Waals surface area contributed by atoms with Crippen molar-refractivity contribution in [2.45, 2.75) is 161 Å². The molecular weight excluding hydrogens is 861 g/mol. The summed E-state index contributed by atoms with van der Waals surface area (Å²) in [5, 5.41) is 15.7. The van der Waals surface area contributed by atoms with Crippen molar-refractivity contribution in [1.29, 1.82) is 0 Å². The molecule has 0 aromatic heterocycles. The maximum atomic E-state index is 14.7. The monoisotopic (exact) mass is 937 g/mol. The number of carboxylic acids is 1. The van der Waals surface area contributed by atoms with Crippen molar-refractivity contribution in [3.05, 3.63) is 48.0 Å². The van der Waals surface area contributed by atoms with Crippen molar-refractivity contribution in [3.63, 3.8) is 0 Å². The molecule has 17 heteroatoms. The van der Waals surface area contributed by atoms with E-state index in [2.05, 4.69) is 10.6 Å². The van der Waals surface area contributed by atoms with E-state index < -0.39 is 65.6 Å². The number of hydrogen-bond acceptors (Lipinski definition) is 10. The zero-order chi connectivity index (χ0) is 49.6. The summed E-state index contributed by atoms with van der Waals surface area (Å²) >= 11 is 0. The number of carboxylic acid groups (broad SMARTS) is 1. The molecule has 3 heterocycles. The van der Waals surface area contributed by atoms with E-state index in [1.807, 2.05) is 33.8 Å². The van der Waals surface area contributed by atoms with Gasteiger partial charge in [-0.2, -0.15) is 0 Å². The smallest absolute Gasteiger partial charge is 0.326 e. The van der Waals surface area contributed by atoms with Gasteiger partial charge in [0.1, 0.15) is 17.6 Å². The Morgan fingerprint density at radius 3 is 2.15 bits per heavy atom. The van der Waals surface area contributed by atoms with Crippen LogP contribution in [0.25, 0.3) is 0 Å². The highest BCUT2D eigenvalue weighted by Gasteiger charge is 2.47. The molecular formula is C50H76N6O11. The number of amides is 7. The zero-order valence-corrected chi connectivity index (χ0v) is 41.2. The number of methoxy groups -OCH3 is 2. The minimum absolute atomic E-state index is 0.0750. The number of hydrogen-bond donors (Lipinski definition) is 3. The summed E-state index contributed by atoms with van der Waals surface area (Å²) in [5.41, 5.74) is -0.426. The second-order valence-electron chi connectivity index (χ2n) is 19.1. The third-order valence-corrected chi connectivity index (χ3v) is 14.2. The Balaban J connectivity index is 1.43. The third kappa shape index (κ3) is 13.7. The number of piperidine rings is 1. The first-order valence-corrected chi connectivity index (χ1v) is 24.1. The normalized spacial score (nSPS) is 21.6. The van der Waals surface area contributed by atoms with Crippen LogP contribution in [0, 0.1) is 17.8 Å². The van der Waals surface area contributed by atoms with E-state index in [1.54, 1.807) is 59.9 Å². The molecule has 0 aliphatic carbocycles. The van der Waals surface area contributed by atoms with Gasteiger partial charge in [0.2, 0.25) is 29.5 Å². The van der Waals surface area contributed by atoms with Crippen LogP contribution in [-0.4, -0.2) is 155 Å². The fourth-order valence-corrected chi connectivity index (χ4v) is 9.96. The number of nitrogens with zero attached hydrogens (tertiary/aromatic N) is 4. The highest BCUT2D eigenvalue weighted by molar-refractivity contribution is 6.12. The standard InChI is InChI=1S/C50H76N6O11/c1-10-33(4)44(38(66-8)31-42(60)54-28-19-22-37(54)45(67-9)34(5)46(61)51-36(48(63)64)30-35-20-13-11-14-21-35)53(7)47(62)43(32(2)3)52-49(65)50(6)26-16-18-29-56(50)41(59)23-15-12-17-27-55-39(57)24-25-40(55)58/h11,13-14,20-21,24-25,32-34,36-38,43-45H,10,12,15-19,22-23,26-31H2,1-9H3,(H,51,61)(H,52,65)(H,63,64)/t33-,34+,36-,37-,38+,43-,44-,45+,50+/m0/s1. The number of benzene rings is 1. The summed E-state index contributed by atoms with van der Waals surface area (Å²) in [5.74, 6) is -4.75. The number of carbonyl (C=O) groups excluding carboxylic acids is 7. The Bertz CT molecular complexity index is 1910. The van der Waals surface area contributed by atoms with Crippen molar-refractivity contribution < 1.29 is 52.9 Å². The Labute approximate surface area is 396 Å². The predicted octanol–water partition coefficient (Wildman–Crippen LogP) is 4.12. The minimum atomic E-state index is -1.19. The van der Waals surface area contributed by atoms with Crippen LogP contribution in [0.1, 0.15) is 118 Å². The molecule has 7 amide bonds. The Morgan fingerprint density at radius 1 is 0.881 bits per heavy atom. The van der Waals surface area contributed by atoms with Crippen LogP contribution >= 0.6 is 0 Å². The summed E-state index contributed by atoms with van der Waals surface area (Å²) in [7, 11) is 4.66. The quantitative estimate of drug-likeness (QED) is 0.0938. The number of likely N-dealkylation sites (N-methyl/N-ethyl adjacent to an activating group) is 1. The highest BCUT2D eigenvalue weighted by Crippen LogP contribution is 2.32.